The first-order valence-electron chi connectivity index (χ1n) is 6.00. The maximum absolute atomic E-state index is 14.5. The Balaban J connectivity index is 1.92. The van der Waals surface area contributed by atoms with Gasteiger partial charge >= 0.3 is 0 Å². The number of hydrogen-bond acceptors (Lipinski definition) is 3. The predicted molar refractivity (Wildman–Crippen MR) is 60.0 cm³/mol. The van der Waals surface area contributed by atoms with E-state index < -0.39 is 5.67 Å². The normalized spacial score (nSPS) is 30.1. The fourth-order valence-electron chi connectivity index (χ4n) is 2.29. The molecule has 0 aliphatic carbocycles. The quantitative estimate of drug-likeness (QED) is 0.800. The molecule has 2 atom stereocenters. The molecule has 0 aromatic heterocycles. The molecule has 3 nitrogen and oxygen atoms in total. The highest BCUT2D eigenvalue weighted by atomic mass is 19.1. The van der Waals surface area contributed by atoms with Crippen molar-refractivity contribution in [3.63, 3.8) is 0 Å². The van der Waals surface area contributed by atoms with E-state index in [1.54, 1.807) is 13.2 Å². The SMILES string of the molecule is CC(F)(CC1COCCN1)C1=COCCC1. The fourth-order valence-corrected chi connectivity index (χ4v) is 2.29. The molecule has 0 spiro atoms. The molecule has 0 saturated carbocycles. The fraction of sp³-hybridized carbons (Fsp3) is 0.833. The molecule has 1 saturated heterocycles. The van der Waals surface area contributed by atoms with Crippen LogP contribution in [0.1, 0.15) is 26.2 Å². The number of hydrogen-bond donors (Lipinski definition) is 1. The minimum Gasteiger partial charge on any atom is -0.501 e. The average molecular weight is 229 g/mol. The Morgan fingerprint density at radius 1 is 1.56 bits per heavy atom. The van der Waals surface area contributed by atoms with Crippen LogP contribution in [0.15, 0.2) is 11.8 Å². The van der Waals surface area contributed by atoms with Gasteiger partial charge in [0.1, 0.15) is 5.67 Å². The van der Waals surface area contributed by atoms with Crippen LogP contribution in [0.5, 0.6) is 0 Å². The largest absolute Gasteiger partial charge is 0.501 e. The van der Waals surface area contributed by atoms with Crippen molar-refractivity contribution in [2.24, 2.45) is 0 Å². The van der Waals surface area contributed by atoms with Gasteiger partial charge in [0, 0.05) is 24.6 Å². The van der Waals surface area contributed by atoms with E-state index in [1.165, 1.54) is 0 Å². The highest BCUT2D eigenvalue weighted by Crippen LogP contribution is 2.32. The zero-order chi connectivity index (χ0) is 11.4. The van der Waals surface area contributed by atoms with Crippen LogP contribution in [0.3, 0.4) is 0 Å². The van der Waals surface area contributed by atoms with Gasteiger partial charge in [-0.05, 0) is 19.8 Å². The van der Waals surface area contributed by atoms with E-state index >= 15 is 0 Å². The highest BCUT2D eigenvalue weighted by Gasteiger charge is 2.33. The molecule has 0 bridgehead atoms. The second-order valence-corrected chi connectivity index (χ2v) is 4.74. The Morgan fingerprint density at radius 3 is 3.06 bits per heavy atom. The summed E-state index contributed by atoms with van der Waals surface area (Å²) in [5.74, 6) is 0. The molecule has 2 unspecified atom stereocenters. The lowest BCUT2D eigenvalue weighted by Crippen LogP contribution is -2.45. The summed E-state index contributed by atoms with van der Waals surface area (Å²) in [7, 11) is 0. The maximum atomic E-state index is 14.5. The molecule has 2 rings (SSSR count). The lowest BCUT2D eigenvalue weighted by Gasteiger charge is -2.32. The molecule has 2 heterocycles. The van der Waals surface area contributed by atoms with Crippen molar-refractivity contribution in [1.29, 1.82) is 0 Å². The van der Waals surface area contributed by atoms with E-state index in [2.05, 4.69) is 5.32 Å². The summed E-state index contributed by atoms with van der Waals surface area (Å²) in [5, 5.41) is 3.28. The Kier molecular flexibility index (Phi) is 3.82. The molecular weight excluding hydrogens is 209 g/mol. The first-order chi connectivity index (χ1) is 7.68. The third-order valence-electron chi connectivity index (χ3n) is 3.23. The standard InChI is InChI=1S/C12H20FNO2/c1-12(13,10-3-2-5-15-8-10)7-11-9-16-6-4-14-11/h8,11,14H,2-7,9H2,1H3. The molecule has 0 amide bonds. The van der Waals surface area contributed by atoms with Crippen LogP contribution in [0.4, 0.5) is 4.39 Å². The number of alkyl halides is 1. The van der Waals surface area contributed by atoms with E-state index in [0.717, 1.165) is 31.6 Å². The van der Waals surface area contributed by atoms with E-state index in [4.69, 9.17) is 9.47 Å². The van der Waals surface area contributed by atoms with Gasteiger partial charge in [0.2, 0.25) is 0 Å². The Hall–Kier alpha value is -0.610. The minimum absolute atomic E-state index is 0.117. The predicted octanol–water partition coefficient (Wildman–Crippen LogP) is 1.79. The van der Waals surface area contributed by atoms with E-state index in [1.807, 2.05) is 0 Å². The number of allylic oxidation sites excluding steroid dienone is 1. The maximum Gasteiger partial charge on any atom is 0.134 e. The molecule has 0 aromatic rings. The topological polar surface area (TPSA) is 30.5 Å². The van der Waals surface area contributed by atoms with Crippen molar-refractivity contribution in [2.45, 2.75) is 37.9 Å². The van der Waals surface area contributed by atoms with Gasteiger partial charge in [-0.1, -0.05) is 0 Å². The summed E-state index contributed by atoms with van der Waals surface area (Å²) in [4.78, 5) is 0. The molecule has 0 aromatic carbocycles. The van der Waals surface area contributed by atoms with Crippen LogP contribution in [0, 0.1) is 0 Å². The summed E-state index contributed by atoms with van der Waals surface area (Å²) in [6.45, 7) is 4.50. The average Bonchev–Trinajstić information content (AvgIpc) is 2.31. The van der Waals surface area contributed by atoms with Crippen LogP contribution in [0.25, 0.3) is 0 Å². The molecule has 1 fully saturated rings. The van der Waals surface area contributed by atoms with Gasteiger partial charge in [-0.2, -0.15) is 0 Å². The van der Waals surface area contributed by atoms with Crippen molar-refractivity contribution < 1.29 is 13.9 Å². The summed E-state index contributed by atoms with van der Waals surface area (Å²) in [6, 6.07) is 0.117. The second kappa shape index (κ2) is 5.15. The zero-order valence-electron chi connectivity index (χ0n) is 9.80. The molecular formula is C12H20FNO2. The number of morpholine rings is 1. The van der Waals surface area contributed by atoms with Crippen molar-refractivity contribution in [3.05, 3.63) is 11.8 Å². The summed E-state index contributed by atoms with van der Waals surface area (Å²) >= 11 is 0. The lowest BCUT2D eigenvalue weighted by atomic mass is 9.88. The van der Waals surface area contributed by atoms with Gasteiger partial charge < -0.3 is 14.8 Å². The molecule has 92 valence electrons. The first-order valence-corrected chi connectivity index (χ1v) is 6.00. The van der Waals surface area contributed by atoms with Gasteiger partial charge in [-0.25, -0.2) is 4.39 Å². The van der Waals surface area contributed by atoms with Crippen LogP contribution >= 0.6 is 0 Å². The monoisotopic (exact) mass is 229 g/mol. The van der Waals surface area contributed by atoms with Gasteiger partial charge in [-0.3, -0.25) is 0 Å². The molecule has 2 aliphatic rings. The Morgan fingerprint density at radius 2 is 2.44 bits per heavy atom. The number of nitrogens with one attached hydrogen (secondary N) is 1. The van der Waals surface area contributed by atoms with Crippen molar-refractivity contribution >= 4 is 0 Å². The van der Waals surface area contributed by atoms with E-state index in [-0.39, 0.29) is 6.04 Å². The van der Waals surface area contributed by atoms with Gasteiger partial charge in [0.25, 0.3) is 0 Å². The molecule has 2 aliphatic heterocycles. The molecule has 16 heavy (non-hydrogen) atoms. The van der Waals surface area contributed by atoms with Crippen molar-refractivity contribution in [3.8, 4) is 0 Å². The number of ether oxygens (including phenoxy) is 2. The van der Waals surface area contributed by atoms with Crippen LogP contribution in [0.2, 0.25) is 0 Å². The van der Waals surface area contributed by atoms with Crippen LogP contribution in [-0.2, 0) is 9.47 Å². The summed E-state index contributed by atoms with van der Waals surface area (Å²) in [6.07, 6.45) is 3.79. The number of halogens is 1. The highest BCUT2D eigenvalue weighted by molar-refractivity contribution is 5.15. The zero-order valence-corrected chi connectivity index (χ0v) is 9.80. The third kappa shape index (κ3) is 2.95. The van der Waals surface area contributed by atoms with Gasteiger partial charge in [0.15, 0.2) is 0 Å². The van der Waals surface area contributed by atoms with Gasteiger partial charge in [-0.15, -0.1) is 0 Å². The number of rotatable bonds is 3. The first kappa shape index (κ1) is 11.9. The van der Waals surface area contributed by atoms with Crippen LogP contribution < -0.4 is 5.32 Å². The van der Waals surface area contributed by atoms with E-state index in [0.29, 0.717) is 19.6 Å². The second-order valence-electron chi connectivity index (χ2n) is 4.74. The summed E-state index contributed by atoms with van der Waals surface area (Å²) in [5.41, 5.74) is -0.496. The van der Waals surface area contributed by atoms with Crippen molar-refractivity contribution in [2.75, 3.05) is 26.4 Å². The van der Waals surface area contributed by atoms with Gasteiger partial charge in [0.05, 0.1) is 26.1 Å². The smallest absolute Gasteiger partial charge is 0.134 e. The molecule has 1 N–H and O–H groups in total. The molecule has 4 heteroatoms. The Labute approximate surface area is 96.0 Å². The minimum atomic E-state index is -1.28. The Bertz CT molecular complexity index is 260. The lowest BCUT2D eigenvalue weighted by molar-refractivity contribution is 0.0533. The van der Waals surface area contributed by atoms with E-state index in [9.17, 15) is 4.39 Å². The molecule has 0 radical (unpaired) electrons. The summed E-state index contributed by atoms with van der Waals surface area (Å²) < 4.78 is 25.1. The van der Waals surface area contributed by atoms with Crippen molar-refractivity contribution in [1.82, 2.24) is 5.32 Å². The third-order valence-corrected chi connectivity index (χ3v) is 3.23. The van der Waals surface area contributed by atoms with Crippen LogP contribution in [-0.4, -0.2) is 38.1 Å².